The quantitative estimate of drug-likeness (QED) is 0.521. The van der Waals surface area contributed by atoms with Crippen LogP contribution in [-0.4, -0.2) is 49.7 Å². The largest absolute Gasteiger partial charge is 0.497 e. The summed E-state index contributed by atoms with van der Waals surface area (Å²) >= 11 is 3.44. The number of pyridine rings is 1. The third-order valence-electron chi connectivity index (χ3n) is 4.82. The Morgan fingerprint density at radius 3 is 2.64 bits per heavy atom. The van der Waals surface area contributed by atoms with Gasteiger partial charge in [-0.3, -0.25) is 4.79 Å². The lowest BCUT2D eigenvalue weighted by Gasteiger charge is -2.21. The first kappa shape index (κ1) is 24.3. The first-order valence-corrected chi connectivity index (χ1v) is 10.6. The topological polar surface area (TPSA) is 116 Å². The molecule has 0 aliphatic carbocycles. The molecule has 11 heteroatoms. The number of amides is 1. The number of ether oxygens (including phenoxy) is 5. The maximum Gasteiger partial charge on any atom is 0.247 e. The van der Waals surface area contributed by atoms with Gasteiger partial charge in [-0.1, -0.05) is 0 Å². The normalized spacial score (nSPS) is 14.9. The van der Waals surface area contributed by atoms with Gasteiger partial charge in [-0.15, -0.1) is 5.10 Å². The molecule has 1 amide bonds. The van der Waals surface area contributed by atoms with Crippen LogP contribution in [0.5, 0.6) is 17.4 Å². The van der Waals surface area contributed by atoms with E-state index >= 15 is 0 Å². The van der Waals surface area contributed by atoms with Gasteiger partial charge in [-0.05, 0) is 35.0 Å². The zero-order chi connectivity index (χ0) is 24.1. The van der Waals surface area contributed by atoms with Crippen molar-refractivity contribution in [3.8, 4) is 23.4 Å². The molecule has 1 unspecified atom stereocenters. The van der Waals surface area contributed by atoms with E-state index in [0.717, 1.165) is 0 Å². The fraction of sp³-hybridized carbons (Fsp3) is 0.364. The summed E-state index contributed by atoms with van der Waals surface area (Å²) in [6.45, 7) is 3.22. The molecule has 1 aliphatic rings. The summed E-state index contributed by atoms with van der Waals surface area (Å²) in [5, 5.41) is 15.1. The minimum absolute atomic E-state index is 0.122. The van der Waals surface area contributed by atoms with Crippen LogP contribution in [-0.2, 0) is 20.9 Å². The molecule has 2 heterocycles. The minimum Gasteiger partial charge on any atom is -0.497 e. The van der Waals surface area contributed by atoms with Gasteiger partial charge in [-0.2, -0.15) is 10.3 Å². The number of nitrogens with zero attached hydrogens (tertiary/aromatic N) is 4. The summed E-state index contributed by atoms with van der Waals surface area (Å²) in [5.41, 5.74) is 2.09. The van der Waals surface area contributed by atoms with Gasteiger partial charge in [0.2, 0.25) is 23.9 Å². The monoisotopic (exact) mass is 518 g/mol. The zero-order valence-corrected chi connectivity index (χ0v) is 20.4. The number of carbonyl (C=O) groups is 1. The number of nitriles is 1. The fourth-order valence-electron chi connectivity index (χ4n) is 3.24. The Morgan fingerprint density at radius 2 is 2.03 bits per heavy atom. The van der Waals surface area contributed by atoms with Crippen LogP contribution in [0.4, 0.5) is 0 Å². The smallest absolute Gasteiger partial charge is 0.247 e. The van der Waals surface area contributed by atoms with Crippen LogP contribution < -0.4 is 14.2 Å². The highest BCUT2D eigenvalue weighted by atomic mass is 79.9. The molecule has 174 valence electrons. The number of aryl methyl sites for hydroxylation is 1. The van der Waals surface area contributed by atoms with Crippen molar-refractivity contribution >= 4 is 27.7 Å². The number of benzene rings is 1. The number of hydrazone groups is 1. The van der Waals surface area contributed by atoms with Crippen molar-refractivity contribution in [2.75, 3.05) is 27.9 Å². The molecule has 1 aromatic carbocycles. The predicted octanol–water partition coefficient (Wildman–Crippen LogP) is 3.46. The summed E-state index contributed by atoms with van der Waals surface area (Å²) in [6, 6.07) is 7.27. The molecule has 1 aromatic heterocycles. The molecule has 1 aliphatic heterocycles. The lowest BCUT2D eigenvalue weighted by molar-refractivity contribution is -0.135. The van der Waals surface area contributed by atoms with E-state index in [1.165, 1.54) is 26.2 Å². The van der Waals surface area contributed by atoms with E-state index in [1.54, 1.807) is 32.2 Å². The van der Waals surface area contributed by atoms with Crippen molar-refractivity contribution in [2.24, 2.45) is 5.10 Å². The first-order valence-electron chi connectivity index (χ1n) is 9.81. The van der Waals surface area contributed by atoms with E-state index in [2.05, 4.69) is 32.1 Å². The Bertz CT molecular complexity index is 1130. The molecule has 1 atom stereocenters. The number of aromatic nitrogens is 1. The highest BCUT2D eigenvalue weighted by molar-refractivity contribution is 9.10. The van der Waals surface area contributed by atoms with Gasteiger partial charge in [0.05, 0.1) is 32.1 Å². The number of methoxy groups -OCH3 is 3. The zero-order valence-electron chi connectivity index (χ0n) is 18.8. The third-order valence-corrected chi connectivity index (χ3v) is 5.87. The second-order valence-corrected chi connectivity index (χ2v) is 7.73. The van der Waals surface area contributed by atoms with Crippen LogP contribution >= 0.6 is 15.9 Å². The number of hydrogen-bond acceptors (Lipinski definition) is 9. The maximum absolute atomic E-state index is 12.2. The Hall–Kier alpha value is -3.36. The van der Waals surface area contributed by atoms with Crippen LogP contribution in [0.25, 0.3) is 0 Å². The number of carbonyl (C=O) groups excluding carboxylic acids is 1. The lowest BCUT2D eigenvalue weighted by atomic mass is 10.1. The van der Waals surface area contributed by atoms with Crippen LogP contribution in [0.2, 0.25) is 0 Å². The molecule has 0 saturated carbocycles. The predicted molar refractivity (Wildman–Crippen MR) is 121 cm³/mol. The molecule has 2 aromatic rings. The van der Waals surface area contributed by atoms with Crippen molar-refractivity contribution in [1.82, 2.24) is 9.99 Å². The standard InChI is InChI=1S/C22H23BrN4O6/c1-12-20(23)17(10-29-3)16(9-24)21(25-12)32-11-19-26-27(13(2)28)22(33-19)15-7-6-14(30-4)8-18(15)31-5/h6-8,22H,10-11H2,1-5H3. The molecule has 0 spiro atoms. The van der Waals surface area contributed by atoms with Crippen molar-refractivity contribution in [3.05, 3.63) is 45.1 Å². The number of rotatable bonds is 8. The Morgan fingerprint density at radius 1 is 1.27 bits per heavy atom. The van der Waals surface area contributed by atoms with Gasteiger partial charge in [0.1, 0.15) is 23.1 Å². The molecule has 3 rings (SSSR count). The second-order valence-electron chi connectivity index (χ2n) is 6.94. The number of hydrogen-bond donors (Lipinski definition) is 0. The van der Waals surface area contributed by atoms with Gasteiger partial charge >= 0.3 is 0 Å². The second kappa shape index (κ2) is 10.5. The third kappa shape index (κ3) is 5.02. The highest BCUT2D eigenvalue weighted by Crippen LogP contribution is 2.37. The van der Waals surface area contributed by atoms with Crippen molar-refractivity contribution in [2.45, 2.75) is 26.7 Å². The van der Waals surface area contributed by atoms with Gasteiger partial charge in [0, 0.05) is 30.1 Å². The summed E-state index contributed by atoms with van der Waals surface area (Å²) in [4.78, 5) is 16.6. The SMILES string of the molecule is COCc1c(Br)c(C)nc(OCC2=NN(C(C)=O)C(c3ccc(OC)cc3OC)O2)c1C#N. The van der Waals surface area contributed by atoms with Crippen LogP contribution in [0.3, 0.4) is 0 Å². The summed E-state index contributed by atoms with van der Waals surface area (Å²) in [7, 11) is 4.60. The molecule has 33 heavy (non-hydrogen) atoms. The van der Waals surface area contributed by atoms with Crippen molar-refractivity contribution in [3.63, 3.8) is 0 Å². The minimum atomic E-state index is -0.846. The van der Waals surface area contributed by atoms with E-state index in [1.807, 2.05) is 0 Å². The average molecular weight is 519 g/mol. The molecule has 0 radical (unpaired) electrons. The van der Waals surface area contributed by atoms with Gasteiger partial charge < -0.3 is 23.7 Å². The molecular formula is C22H23BrN4O6. The summed E-state index contributed by atoms with van der Waals surface area (Å²) < 4.78 is 28.3. The van der Waals surface area contributed by atoms with Gasteiger partial charge in [0.15, 0.2) is 6.61 Å². The van der Waals surface area contributed by atoms with Gasteiger partial charge in [-0.25, -0.2) is 4.98 Å². The summed E-state index contributed by atoms with van der Waals surface area (Å²) in [6.07, 6.45) is -0.846. The van der Waals surface area contributed by atoms with E-state index in [9.17, 15) is 10.1 Å². The molecule has 0 bridgehead atoms. The van der Waals surface area contributed by atoms with E-state index in [4.69, 9.17) is 23.7 Å². The van der Waals surface area contributed by atoms with Crippen molar-refractivity contribution < 1.29 is 28.5 Å². The van der Waals surface area contributed by atoms with Crippen LogP contribution in [0.15, 0.2) is 27.8 Å². The lowest BCUT2D eigenvalue weighted by Crippen LogP contribution is -2.25. The van der Waals surface area contributed by atoms with Gasteiger partial charge in [0.25, 0.3) is 0 Å². The van der Waals surface area contributed by atoms with Crippen molar-refractivity contribution in [1.29, 1.82) is 5.26 Å². The molecule has 0 N–H and O–H groups in total. The van der Waals surface area contributed by atoms with Crippen LogP contribution in [0, 0.1) is 18.3 Å². The Labute approximate surface area is 199 Å². The highest BCUT2D eigenvalue weighted by Gasteiger charge is 2.35. The molecule has 10 nitrogen and oxygen atoms in total. The maximum atomic E-state index is 12.2. The van der Waals surface area contributed by atoms with Crippen LogP contribution in [0.1, 0.15) is 35.5 Å². The number of halogens is 1. The molecule has 0 fully saturated rings. The molecule has 0 saturated heterocycles. The average Bonchev–Trinajstić information content (AvgIpc) is 3.25. The van der Waals surface area contributed by atoms with E-state index in [-0.39, 0.29) is 36.5 Å². The molecular weight excluding hydrogens is 496 g/mol. The Balaban J connectivity index is 1.86. The first-order chi connectivity index (χ1) is 15.8. The Kier molecular flexibility index (Phi) is 7.73. The summed E-state index contributed by atoms with van der Waals surface area (Å²) in [5.74, 6) is 1.01. The van der Waals surface area contributed by atoms with E-state index < -0.39 is 6.23 Å². The fourth-order valence-corrected chi connectivity index (χ4v) is 3.64. The van der Waals surface area contributed by atoms with E-state index in [0.29, 0.717) is 32.8 Å².